The lowest BCUT2D eigenvalue weighted by Gasteiger charge is -2.48. The van der Waals surface area contributed by atoms with Crippen LogP contribution < -0.4 is 4.90 Å². The lowest BCUT2D eigenvalue weighted by molar-refractivity contribution is -0.138. The van der Waals surface area contributed by atoms with Crippen LogP contribution in [-0.2, 0) is 16.1 Å². The molecule has 1 aromatic carbocycles. The number of benzene rings is 1. The van der Waals surface area contributed by atoms with Crippen molar-refractivity contribution in [3.05, 3.63) is 54.0 Å². The molecule has 1 atom stereocenters. The minimum Gasteiger partial charge on any atom is -0.464 e. The van der Waals surface area contributed by atoms with Crippen molar-refractivity contribution in [3.63, 3.8) is 0 Å². The number of aromatic nitrogens is 2. The molecular weight excluding hydrogens is 368 g/mol. The molecule has 0 unspecified atom stereocenters. The Morgan fingerprint density at radius 1 is 1.17 bits per heavy atom. The van der Waals surface area contributed by atoms with Crippen molar-refractivity contribution >= 4 is 17.7 Å². The Kier molecular flexibility index (Phi) is 5.47. The van der Waals surface area contributed by atoms with Crippen molar-refractivity contribution in [1.82, 2.24) is 14.9 Å². The maximum absolute atomic E-state index is 12.6. The van der Waals surface area contributed by atoms with Crippen LogP contribution in [0.4, 0.5) is 5.82 Å². The van der Waals surface area contributed by atoms with E-state index in [2.05, 4.69) is 27.0 Å². The van der Waals surface area contributed by atoms with E-state index in [1.165, 1.54) is 13.3 Å². The second kappa shape index (κ2) is 8.19. The Labute approximate surface area is 170 Å². The van der Waals surface area contributed by atoms with Crippen molar-refractivity contribution in [3.8, 4) is 0 Å². The van der Waals surface area contributed by atoms with Crippen LogP contribution in [-0.4, -0.2) is 53.5 Å². The van der Waals surface area contributed by atoms with E-state index < -0.39 is 5.97 Å². The van der Waals surface area contributed by atoms with Crippen LogP contribution in [0.5, 0.6) is 0 Å². The monoisotopic (exact) mass is 394 g/mol. The highest BCUT2D eigenvalue weighted by molar-refractivity contribution is 5.87. The van der Waals surface area contributed by atoms with Crippen LogP contribution in [0.2, 0.25) is 0 Å². The van der Waals surface area contributed by atoms with E-state index in [-0.39, 0.29) is 17.0 Å². The van der Waals surface area contributed by atoms with Crippen molar-refractivity contribution in [2.24, 2.45) is 5.41 Å². The molecule has 1 amide bonds. The molecule has 0 N–H and O–H groups in total. The third-order valence-corrected chi connectivity index (χ3v) is 5.97. The van der Waals surface area contributed by atoms with Crippen molar-refractivity contribution < 1.29 is 14.3 Å². The number of anilines is 1. The first kappa shape index (κ1) is 19.4. The molecule has 152 valence electrons. The molecule has 0 aliphatic carbocycles. The zero-order valence-electron chi connectivity index (χ0n) is 16.7. The second-order valence-electron chi connectivity index (χ2n) is 8.01. The molecule has 2 saturated heterocycles. The van der Waals surface area contributed by atoms with E-state index >= 15 is 0 Å². The molecule has 0 saturated carbocycles. The van der Waals surface area contributed by atoms with Gasteiger partial charge in [0, 0.05) is 38.0 Å². The quantitative estimate of drug-likeness (QED) is 0.742. The predicted molar refractivity (Wildman–Crippen MR) is 108 cm³/mol. The van der Waals surface area contributed by atoms with Gasteiger partial charge in [0.15, 0.2) is 5.69 Å². The molecule has 2 aliphatic heterocycles. The summed E-state index contributed by atoms with van der Waals surface area (Å²) in [5.74, 6) is 0.436. The van der Waals surface area contributed by atoms with Crippen molar-refractivity contribution in [2.75, 3.05) is 31.6 Å². The van der Waals surface area contributed by atoms with Crippen LogP contribution in [0, 0.1) is 5.41 Å². The summed E-state index contributed by atoms with van der Waals surface area (Å²) in [6.07, 6.45) is 6.70. The molecule has 29 heavy (non-hydrogen) atoms. The van der Waals surface area contributed by atoms with Gasteiger partial charge in [0.25, 0.3) is 0 Å². The summed E-state index contributed by atoms with van der Waals surface area (Å²) in [6, 6.07) is 10.1. The molecule has 2 fully saturated rings. The largest absolute Gasteiger partial charge is 0.464 e. The van der Waals surface area contributed by atoms with Crippen LogP contribution in [0.15, 0.2) is 42.7 Å². The number of carbonyl (C=O) groups is 2. The maximum Gasteiger partial charge on any atom is 0.358 e. The van der Waals surface area contributed by atoms with Gasteiger partial charge < -0.3 is 14.5 Å². The third-order valence-electron chi connectivity index (χ3n) is 5.97. The third kappa shape index (κ3) is 4.23. The summed E-state index contributed by atoms with van der Waals surface area (Å²) >= 11 is 0. The minimum atomic E-state index is -0.483. The SMILES string of the molecule is COC(=O)c1cncc(N2CCC[C@@]3(CCC(=O)N(Cc4ccccc4)C3)C2)n1. The number of hydrogen-bond acceptors (Lipinski definition) is 6. The molecule has 3 heterocycles. The first-order valence-corrected chi connectivity index (χ1v) is 10.1. The molecule has 1 spiro atoms. The number of ether oxygens (including phenoxy) is 1. The summed E-state index contributed by atoms with van der Waals surface area (Å²) < 4.78 is 4.77. The van der Waals surface area contributed by atoms with Crippen LogP contribution in [0.3, 0.4) is 0 Å². The predicted octanol–water partition coefficient (Wildman–Crippen LogP) is 2.67. The van der Waals surface area contributed by atoms with E-state index in [0.29, 0.717) is 18.8 Å². The Balaban J connectivity index is 1.51. The average Bonchev–Trinajstić information content (AvgIpc) is 2.77. The Morgan fingerprint density at radius 3 is 2.79 bits per heavy atom. The van der Waals surface area contributed by atoms with E-state index in [1.54, 1.807) is 6.20 Å². The van der Waals surface area contributed by atoms with Gasteiger partial charge in [-0.2, -0.15) is 0 Å². The second-order valence-corrected chi connectivity index (χ2v) is 8.01. The fourth-order valence-corrected chi connectivity index (χ4v) is 4.50. The van der Waals surface area contributed by atoms with E-state index in [4.69, 9.17) is 4.74 Å². The minimum absolute atomic E-state index is 0.0455. The standard InChI is InChI=1S/C22H26N4O3/c1-29-21(28)18-12-23-13-19(24-18)25-11-5-9-22(15-25)10-8-20(27)26(16-22)14-17-6-3-2-4-7-17/h2-4,6-7,12-13H,5,8-11,14-16H2,1H3/t22-/m1/s1. The van der Waals surface area contributed by atoms with Gasteiger partial charge in [0.1, 0.15) is 5.82 Å². The number of esters is 1. The highest BCUT2D eigenvalue weighted by atomic mass is 16.5. The van der Waals surface area contributed by atoms with Gasteiger partial charge in [0.05, 0.1) is 19.5 Å². The lowest BCUT2D eigenvalue weighted by atomic mass is 9.73. The van der Waals surface area contributed by atoms with Gasteiger partial charge in [-0.25, -0.2) is 9.78 Å². The van der Waals surface area contributed by atoms with Gasteiger partial charge >= 0.3 is 5.97 Å². The topological polar surface area (TPSA) is 75.6 Å². The summed E-state index contributed by atoms with van der Waals surface area (Å²) in [7, 11) is 1.34. The summed E-state index contributed by atoms with van der Waals surface area (Å²) in [5, 5.41) is 0. The summed E-state index contributed by atoms with van der Waals surface area (Å²) in [4.78, 5) is 37.2. The number of rotatable bonds is 4. The van der Waals surface area contributed by atoms with Crippen molar-refractivity contribution in [1.29, 1.82) is 0 Å². The molecule has 1 aromatic heterocycles. The maximum atomic E-state index is 12.6. The molecule has 2 aromatic rings. The lowest BCUT2D eigenvalue weighted by Crippen LogP contribution is -2.54. The highest BCUT2D eigenvalue weighted by Crippen LogP contribution is 2.40. The van der Waals surface area contributed by atoms with Gasteiger partial charge in [-0.3, -0.25) is 9.78 Å². The number of piperidine rings is 2. The van der Waals surface area contributed by atoms with E-state index in [1.807, 2.05) is 23.1 Å². The average molecular weight is 394 g/mol. The first-order chi connectivity index (χ1) is 14.1. The van der Waals surface area contributed by atoms with Crippen LogP contribution >= 0.6 is 0 Å². The van der Waals surface area contributed by atoms with Gasteiger partial charge in [-0.15, -0.1) is 0 Å². The molecular formula is C22H26N4O3. The van der Waals surface area contributed by atoms with E-state index in [9.17, 15) is 9.59 Å². The Bertz CT molecular complexity index is 889. The fourth-order valence-electron chi connectivity index (χ4n) is 4.50. The van der Waals surface area contributed by atoms with Gasteiger partial charge in [-0.1, -0.05) is 30.3 Å². The normalized spacial score (nSPS) is 22.0. The number of amides is 1. The smallest absolute Gasteiger partial charge is 0.358 e. The molecule has 7 nitrogen and oxygen atoms in total. The van der Waals surface area contributed by atoms with Gasteiger partial charge in [0.2, 0.25) is 5.91 Å². The van der Waals surface area contributed by atoms with Crippen molar-refractivity contribution in [2.45, 2.75) is 32.2 Å². The molecule has 2 aliphatic rings. The Hall–Kier alpha value is -2.96. The van der Waals surface area contributed by atoms with Gasteiger partial charge in [-0.05, 0) is 24.8 Å². The molecule has 4 rings (SSSR count). The fraction of sp³-hybridized carbons (Fsp3) is 0.455. The zero-order chi connectivity index (χ0) is 20.3. The molecule has 0 bridgehead atoms. The first-order valence-electron chi connectivity index (χ1n) is 10.1. The van der Waals surface area contributed by atoms with Crippen LogP contribution in [0.1, 0.15) is 41.7 Å². The number of methoxy groups -OCH3 is 1. The zero-order valence-corrected chi connectivity index (χ0v) is 16.7. The number of likely N-dealkylation sites (tertiary alicyclic amines) is 1. The van der Waals surface area contributed by atoms with Crippen LogP contribution in [0.25, 0.3) is 0 Å². The molecule has 0 radical (unpaired) electrons. The summed E-state index contributed by atoms with van der Waals surface area (Å²) in [6.45, 7) is 3.08. The molecule has 7 heteroatoms. The highest BCUT2D eigenvalue weighted by Gasteiger charge is 2.42. The van der Waals surface area contributed by atoms with E-state index in [0.717, 1.165) is 44.5 Å². The summed E-state index contributed by atoms with van der Waals surface area (Å²) in [5.41, 5.74) is 1.42. The number of nitrogens with zero attached hydrogens (tertiary/aromatic N) is 4. The number of carbonyl (C=O) groups excluding carboxylic acids is 2. The Morgan fingerprint density at radius 2 is 2.00 bits per heavy atom. The number of hydrogen-bond donors (Lipinski definition) is 0.